The number of hydrogen-bond acceptors (Lipinski definition) is 6. The fourth-order valence-corrected chi connectivity index (χ4v) is 2.67. The van der Waals surface area contributed by atoms with Gasteiger partial charge in [-0.05, 0) is 12.5 Å². The number of aryl methyl sites for hydroxylation is 1. The van der Waals surface area contributed by atoms with Crippen LogP contribution < -0.4 is 9.64 Å². The molecule has 2 aromatic heterocycles. The molecule has 0 atom stereocenters. The van der Waals surface area contributed by atoms with E-state index in [-0.39, 0.29) is 5.82 Å². The molecule has 0 unspecified atom stereocenters. The molecule has 6 nitrogen and oxygen atoms in total. The van der Waals surface area contributed by atoms with Crippen molar-refractivity contribution in [3.05, 3.63) is 41.7 Å². The number of hydrogen-bond donors (Lipinski definition) is 0. The van der Waals surface area contributed by atoms with Crippen LogP contribution in [0.1, 0.15) is 11.3 Å². The van der Waals surface area contributed by atoms with Crippen LogP contribution in [0.2, 0.25) is 0 Å². The van der Waals surface area contributed by atoms with E-state index in [9.17, 15) is 4.39 Å². The van der Waals surface area contributed by atoms with E-state index in [2.05, 4.69) is 19.9 Å². The van der Waals surface area contributed by atoms with Crippen molar-refractivity contribution < 1.29 is 9.13 Å². The monoisotopic (exact) mass is 317 g/mol. The maximum Gasteiger partial charge on any atom is 0.212 e. The number of halogens is 1. The molecule has 0 aliphatic carbocycles. The Morgan fingerprint density at radius 1 is 1.13 bits per heavy atom. The molecular weight excluding hydrogens is 297 g/mol. The molecule has 0 radical (unpaired) electrons. The van der Waals surface area contributed by atoms with Gasteiger partial charge in [0.2, 0.25) is 5.88 Å². The lowest BCUT2D eigenvalue weighted by Gasteiger charge is -2.35. The molecule has 0 aromatic carbocycles. The molecule has 1 aliphatic rings. The molecular formula is C16H20FN5O. The van der Waals surface area contributed by atoms with Crippen LogP contribution in [0.3, 0.4) is 0 Å². The number of nitrogens with zero attached hydrogens (tertiary/aromatic N) is 5. The standard InChI is InChI=1S/C16H20FN5O/c1-12-15(17)16(20-11-19-12)22-7-5-21(6-8-22)10-13-3-4-14(23-2)18-9-13/h3-4,9,11H,5-8,10H2,1-2H3. The SMILES string of the molecule is COc1ccc(CN2CCN(c3ncnc(C)c3F)CC2)cn1. The molecule has 2 aromatic rings. The second kappa shape index (κ2) is 6.87. The lowest BCUT2D eigenvalue weighted by Crippen LogP contribution is -2.46. The van der Waals surface area contributed by atoms with Crippen LogP contribution in [0, 0.1) is 12.7 Å². The fraction of sp³-hybridized carbons (Fsp3) is 0.438. The maximum absolute atomic E-state index is 14.1. The predicted octanol–water partition coefficient (Wildman–Crippen LogP) is 1.65. The van der Waals surface area contributed by atoms with Crippen molar-refractivity contribution in [3.63, 3.8) is 0 Å². The fourth-order valence-electron chi connectivity index (χ4n) is 2.67. The Morgan fingerprint density at radius 2 is 1.91 bits per heavy atom. The third-order valence-electron chi connectivity index (χ3n) is 4.03. The third-order valence-corrected chi connectivity index (χ3v) is 4.03. The average Bonchev–Trinajstić information content (AvgIpc) is 2.59. The summed E-state index contributed by atoms with van der Waals surface area (Å²) in [4.78, 5) is 16.5. The van der Waals surface area contributed by atoms with Crippen LogP contribution in [-0.4, -0.2) is 53.1 Å². The van der Waals surface area contributed by atoms with Crippen LogP contribution >= 0.6 is 0 Å². The summed E-state index contributed by atoms with van der Waals surface area (Å²) in [6, 6.07) is 3.89. The Balaban J connectivity index is 1.58. The second-order valence-corrected chi connectivity index (χ2v) is 5.57. The molecule has 122 valence electrons. The van der Waals surface area contributed by atoms with E-state index in [4.69, 9.17) is 4.74 Å². The normalized spacial score (nSPS) is 15.7. The minimum absolute atomic E-state index is 0.319. The van der Waals surface area contributed by atoms with Crippen molar-refractivity contribution in [1.82, 2.24) is 19.9 Å². The van der Waals surface area contributed by atoms with Gasteiger partial charge in [-0.3, -0.25) is 4.90 Å². The number of methoxy groups -OCH3 is 1. The van der Waals surface area contributed by atoms with E-state index >= 15 is 0 Å². The van der Waals surface area contributed by atoms with E-state index < -0.39 is 0 Å². The van der Waals surface area contributed by atoms with E-state index in [0.717, 1.165) is 38.3 Å². The molecule has 1 aliphatic heterocycles. The highest BCUT2D eigenvalue weighted by atomic mass is 19.1. The van der Waals surface area contributed by atoms with E-state index in [1.807, 2.05) is 23.2 Å². The first-order valence-electron chi connectivity index (χ1n) is 7.60. The summed E-state index contributed by atoms with van der Waals surface area (Å²) in [6.45, 7) is 5.69. The molecule has 3 heterocycles. The summed E-state index contributed by atoms with van der Waals surface area (Å²) in [6.07, 6.45) is 3.25. The Hall–Kier alpha value is -2.28. The Labute approximate surface area is 134 Å². The zero-order valence-corrected chi connectivity index (χ0v) is 13.4. The number of aromatic nitrogens is 3. The lowest BCUT2D eigenvalue weighted by atomic mass is 10.2. The zero-order chi connectivity index (χ0) is 16.2. The van der Waals surface area contributed by atoms with Gasteiger partial charge < -0.3 is 9.64 Å². The summed E-state index contributed by atoms with van der Waals surface area (Å²) < 4.78 is 19.2. The van der Waals surface area contributed by atoms with Gasteiger partial charge in [0, 0.05) is 45.0 Å². The number of anilines is 1. The average molecular weight is 317 g/mol. The van der Waals surface area contributed by atoms with Gasteiger partial charge in [0.15, 0.2) is 11.6 Å². The van der Waals surface area contributed by atoms with Crippen LogP contribution in [0.4, 0.5) is 10.2 Å². The maximum atomic E-state index is 14.1. The van der Waals surface area contributed by atoms with Gasteiger partial charge in [-0.25, -0.2) is 19.3 Å². The number of piperazine rings is 1. The van der Waals surface area contributed by atoms with Crippen molar-refractivity contribution in [2.75, 3.05) is 38.2 Å². The summed E-state index contributed by atoms with van der Waals surface area (Å²) in [5.41, 5.74) is 1.53. The highest BCUT2D eigenvalue weighted by Crippen LogP contribution is 2.19. The predicted molar refractivity (Wildman–Crippen MR) is 85.0 cm³/mol. The summed E-state index contributed by atoms with van der Waals surface area (Å²) in [7, 11) is 1.61. The van der Waals surface area contributed by atoms with Gasteiger partial charge in [-0.1, -0.05) is 6.07 Å². The highest BCUT2D eigenvalue weighted by molar-refractivity contribution is 5.41. The van der Waals surface area contributed by atoms with Crippen molar-refractivity contribution in [1.29, 1.82) is 0 Å². The minimum atomic E-state index is -0.319. The van der Waals surface area contributed by atoms with E-state index in [1.165, 1.54) is 6.33 Å². The number of rotatable bonds is 4. The van der Waals surface area contributed by atoms with Crippen LogP contribution in [0.5, 0.6) is 5.88 Å². The smallest absolute Gasteiger partial charge is 0.212 e. The molecule has 0 saturated carbocycles. The molecule has 0 bridgehead atoms. The van der Waals surface area contributed by atoms with Crippen LogP contribution in [-0.2, 0) is 6.54 Å². The first-order valence-corrected chi connectivity index (χ1v) is 7.60. The molecule has 0 N–H and O–H groups in total. The second-order valence-electron chi connectivity index (χ2n) is 5.57. The third kappa shape index (κ3) is 3.56. The van der Waals surface area contributed by atoms with Gasteiger partial charge in [-0.2, -0.15) is 0 Å². The first kappa shape index (κ1) is 15.6. The minimum Gasteiger partial charge on any atom is -0.481 e. The Kier molecular flexibility index (Phi) is 4.66. The van der Waals surface area contributed by atoms with Gasteiger partial charge in [-0.15, -0.1) is 0 Å². The molecule has 7 heteroatoms. The Bertz CT molecular complexity index is 656. The quantitative estimate of drug-likeness (QED) is 0.855. The van der Waals surface area contributed by atoms with Crippen molar-refractivity contribution in [2.24, 2.45) is 0 Å². The Morgan fingerprint density at radius 3 is 2.57 bits per heavy atom. The summed E-state index contributed by atoms with van der Waals surface area (Å²) >= 11 is 0. The molecule has 3 rings (SSSR count). The van der Waals surface area contributed by atoms with Gasteiger partial charge in [0.05, 0.1) is 12.8 Å². The molecule has 1 saturated heterocycles. The summed E-state index contributed by atoms with van der Waals surface area (Å²) in [5, 5.41) is 0. The summed E-state index contributed by atoms with van der Waals surface area (Å²) in [5.74, 6) is 0.705. The van der Waals surface area contributed by atoms with Crippen molar-refractivity contribution in [2.45, 2.75) is 13.5 Å². The highest BCUT2D eigenvalue weighted by Gasteiger charge is 2.21. The number of pyridine rings is 1. The molecule has 1 fully saturated rings. The van der Waals surface area contributed by atoms with E-state index in [1.54, 1.807) is 14.0 Å². The van der Waals surface area contributed by atoms with Crippen molar-refractivity contribution in [3.8, 4) is 5.88 Å². The van der Waals surface area contributed by atoms with E-state index in [0.29, 0.717) is 17.4 Å². The topological polar surface area (TPSA) is 54.4 Å². The van der Waals surface area contributed by atoms with Crippen LogP contribution in [0.25, 0.3) is 0 Å². The lowest BCUT2D eigenvalue weighted by molar-refractivity contribution is 0.248. The van der Waals surface area contributed by atoms with Crippen molar-refractivity contribution >= 4 is 5.82 Å². The van der Waals surface area contributed by atoms with Gasteiger partial charge in [0.25, 0.3) is 0 Å². The molecule has 23 heavy (non-hydrogen) atoms. The first-order chi connectivity index (χ1) is 11.2. The molecule has 0 spiro atoms. The van der Waals surface area contributed by atoms with Crippen LogP contribution in [0.15, 0.2) is 24.7 Å². The van der Waals surface area contributed by atoms with Gasteiger partial charge >= 0.3 is 0 Å². The van der Waals surface area contributed by atoms with Gasteiger partial charge in [0.1, 0.15) is 6.33 Å². The largest absolute Gasteiger partial charge is 0.481 e. The molecule has 0 amide bonds. The number of ether oxygens (including phenoxy) is 1. The zero-order valence-electron chi connectivity index (χ0n) is 13.4.